The Morgan fingerprint density at radius 2 is 2.03 bits per heavy atom. The van der Waals surface area contributed by atoms with Crippen molar-refractivity contribution in [3.8, 4) is 0 Å². The lowest BCUT2D eigenvalue weighted by atomic mass is 10.1. The predicted molar refractivity (Wildman–Crippen MR) is 113 cm³/mol. The molecule has 1 aromatic carbocycles. The summed E-state index contributed by atoms with van der Waals surface area (Å²) in [6.07, 6.45) is 4.84. The number of aromatic nitrogens is 3. The third-order valence-corrected chi connectivity index (χ3v) is 5.63. The fraction of sp³-hybridized carbons (Fsp3) is 0.429. The molecule has 0 atom stereocenters. The van der Waals surface area contributed by atoms with Crippen molar-refractivity contribution in [1.29, 1.82) is 0 Å². The van der Waals surface area contributed by atoms with Gasteiger partial charge in [-0.2, -0.15) is 10.1 Å². The van der Waals surface area contributed by atoms with E-state index in [1.54, 1.807) is 28.4 Å². The van der Waals surface area contributed by atoms with Crippen LogP contribution in [0.3, 0.4) is 0 Å². The van der Waals surface area contributed by atoms with E-state index in [-0.39, 0.29) is 18.4 Å². The van der Waals surface area contributed by atoms with Gasteiger partial charge in [-0.25, -0.2) is 0 Å². The van der Waals surface area contributed by atoms with Gasteiger partial charge in [-0.05, 0) is 50.5 Å². The van der Waals surface area contributed by atoms with Crippen LogP contribution >= 0.6 is 11.3 Å². The summed E-state index contributed by atoms with van der Waals surface area (Å²) in [6, 6.07) is 7.85. The van der Waals surface area contributed by atoms with E-state index in [0.717, 1.165) is 29.5 Å². The molecule has 1 amide bonds. The lowest BCUT2D eigenvalue weighted by Gasteiger charge is -2.06. The number of hydrogen-bond donors (Lipinski definition) is 0. The fourth-order valence-corrected chi connectivity index (χ4v) is 4.23. The second-order valence-electron chi connectivity index (χ2n) is 6.63. The first kappa shape index (κ1) is 21.0. The SMILES string of the molecule is CCCCc1ccc2c(c1)sc(=NC(=O)c1ccnn1CC)n2CC(=O)OCC. The van der Waals surface area contributed by atoms with Crippen molar-refractivity contribution in [2.75, 3.05) is 6.61 Å². The Labute approximate surface area is 173 Å². The van der Waals surface area contributed by atoms with Gasteiger partial charge in [0.1, 0.15) is 12.2 Å². The molecule has 154 valence electrons. The Bertz CT molecular complexity index is 1080. The standard InChI is InChI=1S/C21H26N4O3S/c1-4-7-8-15-9-10-16-18(13-15)29-21(24(16)14-19(26)28-6-3)23-20(27)17-11-12-22-25(17)5-2/h9-13H,4-8,14H2,1-3H3. The van der Waals surface area contributed by atoms with Crippen molar-refractivity contribution in [2.45, 2.75) is 53.1 Å². The summed E-state index contributed by atoms with van der Waals surface area (Å²) < 4.78 is 9.48. The Morgan fingerprint density at radius 1 is 1.21 bits per heavy atom. The van der Waals surface area contributed by atoms with Gasteiger partial charge in [-0.3, -0.25) is 14.3 Å². The van der Waals surface area contributed by atoms with E-state index in [2.05, 4.69) is 29.1 Å². The first-order valence-electron chi connectivity index (χ1n) is 9.96. The lowest BCUT2D eigenvalue weighted by Crippen LogP contribution is -2.23. The van der Waals surface area contributed by atoms with Gasteiger partial charge >= 0.3 is 5.97 Å². The molecule has 0 bridgehead atoms. The molecule has 0 saturated heterocycles. The Kier molecular flexibility index (Phi) is 6.98. The van der Waals surface area contributed by atoms with E-state index in [0.29, 0.717) is 23.6 Å². The molecule has 29 heavy (non-hydrogen) atoms. The van der Waals surface area contributed by atoms with Gasteiger partial charge < -0.3 is 9.30 Å². The summed E-state index contributed by atoms with van der Waals surface area (Å²) >= 11 is 1.41. The number of thiazole rings is 1. The molecule has 8 heteroatoms. The van der Waals surface area contributed by atoms with Crippen LogP contribution in [0.25, 0.3) is 10.2 Å². The van der Waals surface area contributed by atoms with E-state index in [1.807, 2.05) is 13.0 Å². The van der Waals surface area contributed by atoms with Gasteiger partial charge in [0.2, 0.25) is 0 Å². The van der Waals surface area contributed by atoms with Gasteiger partial charge in [0.05, 0.1) is 16.8 Å². The molecule has 2 heterocycles. The Hall–Kier alpha value is -2.74. The molecule has 0 N–H and O–H groups in total. The molecule has 2 aromatic heterocycles. The van der Waals surface area contributed by atoms with E-state index >= 15 is 0 Å². The molecule has 0 aliphatic rings. The van der Waals surface area contributed by atoms with Gasteiger partial charge in [-0.1, -0.05) is 30.7 Å². The highest BCUT2D eigenvalue weighted by Gasteiger charge is 2.15. The van der Waals surface area contributed by atoms with Crippen LogP contribution in [0.4, 0.5) is 0 Å². The number of hydrogen-bond acceptors (Lipinski definition) is 5. The highest BCUT2D eigenvalue weighted by Crippen LogP contribution is 2.21. The summed E-state index contributed by atoms with van der Waals surface area (Å²) in [5.41, 5.74) is 2.54. The van der Waals surface area contributed by atoms with Gasteiger partial charge in [0, 0.05) is 12.7 Å². The van der Waals surface area contributed by atoms with Crippen LogP contribution in [0.2, 0.25) is 0 Å². The zero-order valence-electron chi connectivity index (χ0n) is 17.1. The largest absolute Gasteiger partial charge is 0.465 e. The van der Waals surface area contributed by atoms with Crippen LogP contribution in [-0.2, 0) is 29.0 Å². The van der Waals surface area contributed by atoms with Crippen molar-refractivity contribution in [3.63, 3.8) is 0 Å². The summed E-state index contributed by atoms with van der Waals surface area (Å²) in [4.78, 5) is 29.7. The molecule has 7 nitrogen and oxygen atoms in total. The number of esters is 1. The number of unbranched alkanes of at least 4 members (excludes halogenated alkanes) is 1. The highest BCUT2D eigenvalue weighted by atomic mass is 32.1. The Morgan fingerprint density at radius 3 is 2.76 bits per heavy atom. The number of benzene rings is 1. The maximum absolute atomic E-state index is 12.8. The van der Waals surface area contributed by atoms with Crippen molar-refractivity contribution in [3.05, 3.63) is 46.5 Å². The number of amides is 1. The highest BCUT2D eigenvalue weighted by molar-refractivity contribution is 7.16. The van der Waals surface area contributed by atoms with Crippen LogP contribution in [-0.4, -0.2) is 32.8 Å². The molecule has 0 unspecified atom stereocenters. The smallest absolute Gasteiger partial charge is 0.326 e. The predicted octanol–water partition coefficient (Wildman–Crippen LogP) is 3.57. The number of rotatable bonds is 8. The van der Waals surface area contributed by atoms with Crippen molar-refractivity contribution < 1.29 is 14.3 Å². The molecular formula is C21H26N4O3S. The third-order valence-electron chi connectivity index (χ3n) is 4.59. The molecule has 0 radical (unpaired) electrons. The van der Waals surface area contributed by atoms with E-state index < -0.39 is 0 Å². The fourth-order valence-electron chi connectivity index (χ4n) is 3.14. The quantitative estimate of drug-likeness (QED) is 0.528. The summed E-state index contributed by atoms with van der Waals surface area (Å²) in [5, 5.41) is 4.13. The minimum Gasteiger partial charge on any atom is -0.465 e. The minimum absolute atomic E-state index is 0.0152. The monoisotopic (exact) mass is 414 g/mol. The molecule has 0 saturated carbocycles. The summed E-state index contributed by atoms with van der Waals surface area (Å²) in [7, 11) is 0. The van der Waals surface area contributed by atoms with Crippen LogP contribution in [0, 0.1) is 0 Å². The maximum Gasteiger partial charge on any atom is 0.326 e. The molecule has 3 rings (SSSR count). The van der Waals surface area contributed by atoms with Crippen LogP contribution < -0.4 is 4.80 Å². The number of carbonyl (C=O) groups is 2. The van der Waals surface area contributed by atoms with Gasteiger partial charge in [-0.15, -0.1) is 0 Å². The normalized spacial score (nSPS) is 11.9. The minimum atomic E-state index is -0.375. The zero-order chi connectivity index (χ0) is 20.8. The number of nitrogens with zero attached hydrogens (tertiary/aromatic N) is 4. The van der Waals surface area contributed by atoms with Crippen LogP contribution in [0.1, 0.15) is 49.7 Å². The average Bonchev–Trinajstić information content (AvgIpc) is 3.31. The number of fused-ring (bicyclic) bond motifs is 1. The van der Waals surface area contributed by atoms with E-state index in [1.165, 1.54) is 16.9 Å². The molecule has 0 aliphatic heterocycles. The topological polar surface area (TPSA) is 78.5 Å². The third kappa shape index (κ3) is 4.82. The molecule has 3 aromatic rings. The first-order chi connectivity index (χ1) is 14.1. The number of ether oxygens (including phenoxy) is 1. The molecular weight excluding hydrogens is 388 g/mol. The second kappa shape index (κ2) is 9.65. The first-order valence-corrected chi connectivity index (χ1v) is 10.8. The van der Waals surface area contributed by atoms with Crippen molar-refractivity contribution in [2.24, 2.45) is 4.99 Å². The Balaban J connectivity index is 2.07. The van der Waals surface area contributed by atoms with Crippen molar-refractivity contribution >= 4 is 33.4 Å². The summed E-state index contributed by atoms with van der Waals surface area (Å²) in [5.74, 6) is -0.727. The van der Waals surface area contributed by atoms with Gasteiger partial charge in [0.25, 0.3) is 5.91 Å². The number of carbonyl (C=O) groups excluding carboxylic acids is 2. The zero-order valence-corrected chi connectivity index (χ0v) is 17.9. The summed E-state index contributed by atoms with van der Waals surface area (Å²) in [6.45, 7) is 6.77. The second-order valence-corrected chi connectivity index (χ2v) is 7.64. The maximum atomic E-state index is 12.8. The molecule has 0 aliphatic carbocycles. The van der Waals surface area contributed by atoms with Crippen LogP contribution in [0.15, 0.2) is 35.5 Å². The number of aryl methyl sites for hydroxylation is 2. The van der Waals surface area contributed by atoms with E-state index in [9.17, 15) is 9.59 Å². The lowest BCUT2D eigenvalue weighted by molar-refractivity contribution is -0.143. The molecule has 0 fully saturated rings. The van der Waals surface area contributed by atoms with Crippen molar-refractivity contribution in [1.82, 2.24) is 14.3 Å². The average molecular weight is 415 g/mol. The van der Waals surface area contributed by atoms with E-state index in [4.69, 9.17) is 4.74 Å². The van der Waals surface area contributed by atoms with Gasteiger partial charge in [0.15, 0.2) is 4.80 Å². The molecule has 0 spiro atoms. The van der Waals surface area contributed by atoms with Crippen LogP contribution in [0.5, 0.6) is 0 Å².